The second-order valence-corrected chi connectivity index (χ2v) is 9.22. The summed E-state index contributed by atoms with van der Waals surface area (Å²) in [5, 5.41) is 2.76. The SMILES string of the molecule is Cc1ccc(/C=C/C(=O)Nc2ccc(C)c(NS(=O)(=O)c3ccccc3)c2)s1. The predicted molar refractivity (Wildman–Crippen MR) is 115 cm³/mol. The lowest BCUT2D eigenvalue weighted by atomic mass is 10.2. The summed E-state index contributed by atoms with van der Waals surface area (Å²) in [6.45, 7) is 3.81. The minimum atomic E-state index is -3.70. The maximum atomic E-state index is 12.5. The van der Waals surface area contributed by atoms with Crippen LogP contribution in [0.15, 0.2) is 71.6 Å². The molecule has 144 valence electrons. The highest BCUT2D eigenvalue weighted by Crippen LogP contribution is 2.24. The Morgan fingerprint density at radius 2 is 1.75 bits per heavy atom. The summed E-state index contributed by atoms with van der Waals surface area (Å²) in [5.74, 6) is -0.285. The second kappa shape index (κ2) is 8.41. The maximum absolute atomic E-state index is 12.5. The van der Waals surface area contributed by atoms with Crippen LogP contribution in [0.4, 0.5) is 11.4 Å². The van der Waals surface area contributed by atoms with Gasteiger partial charge in [-0.3, -0.25) is 9.52 Å². The van der Waals surface area contributed by atoms with Gasteiger partial charge in [0.25, 0.3) is 10.0 Å². The monoisotopic (exact) mass is 412 g/mol. The molecule has 0 unspecified atom stereocenters. The Hall–Kier alpha value is -2.90. The van der Waals surface area contributed by atoms with Gasteiger partial charge in [-0.2, -0.15) is 0 Å². The maximum Gasteiger partial charge on any atom is 0.261 e. The van der Waals surface area contributed by atoms with Crippen LogP contribution in [-0.4, -0.2) is 14.3 Å². The van der Waals surface area contributed by atoms with Gasteiger partial charge in [0.15, 0.2) is 0 Å². The number of hydrogen-bond acceptors (Lipinski definition) is 4. The van der Waals surface area contributed by atoms with Crippen molar-refractivity contribution < 1.29 is 13.2 Å². The Labute approximate surface area is 168 Å². The summed E-state index contributed by atoms with van der Waals surface area (Å²) in [7, 11) is -3.70. The van der Waals surface area contributed by atoms with Crippen LogP contribution in [0.25, 0.3) is 6.08 Å². The van der Waals surface area contributed by atoms with Gasteiger partial charge in [0.2, 0.25) is 5.91 Å². The zero-order valence-corrected chi connectivity index (χ0v) is 17.1. The summed E-state index contributed by atoms with van der Waals surface area (Å²) in [6, 6.07) is 17.2. The predicted octanol–water partition coefficient (Wildman–Crippen LogP) is 4.82. The van der Waals surface area contributed by atoms with Gasteiger partial charge in [-0.15, -0.1) is 11.3 Å². The standard InChI is InChI=1S/C21H20N2O3S2/c1-15-8-10-17(22-21(24)13-12-18-11-9-16(2)27-18)14-20(15)23-28(25,26)19-6-4-3-5-7-19/h3-14,23H,1-2H3,(H,22,24)/b13-12+. The number of carbonyl (C=O) groups is 1. The Morgan fingerprint density at radius 3 is 2.43 bits per heavy atom. The van der Waals surface area contributed by atoms with Crippen LogP contribution in [-0.2, 0) is 14.8 Å². The topological polar surface area (TPSA) is 75.3 Å². The normalized spacial score (nSPS) is 11.5. The second-order valence-electron chi connectivity index (χ2n) is 6.22. The molecule has 0 saturated carbocycles. The number of nitrogens with one attached hydrogen (secondary N) is 2. The summed E-state index contributed by atoms with van der Waals surface area (Å²) in [5.41, 5.74) is 1.68. The first kappa shape index (κ1) is 19.9. The minimum absolute atomic E-state index is 0.179. The fourth-order valence-corrected chi connectivity index (χ4v) is 4.42. The van der Waals surface area contributed by atoms with Crippen LogP contribution in [0.1, 0.15) is 15.3 Å². The van der Waals surface area contributed by atoms with E-state index in [2.05, 4.69) is 10.0 Å². The molecule has 2 aromatic carbocycles. The molecule has 0 radical (unpaired) electrons. The fraction of sp³-hybridized carbons (Fsp3) is 0.0952. The van der Waals surface area contributed by atoms with E-state index in [0.29, 0.717) is 11.4 Å². The lowest BCUT2D eigenvalue weighted by Gasteiger charge is -2.12. The third-order valence-electron chi connectivity index (χ3n) is 3.96. The van der Waals surface area contributed by atoms with E-state index in [-0.39, 0.29) is 10.8 Å². The van der Waals surface area contributed by atoms with Crippen LogP contribution in [0.3, 0.4) is 0 Å². The van der Waals surface area contributed by atoms with Gasteiger partial charge in [-0.25, -0.2) is 8.42 Å². The fourth-order valence-electron chi connectivity index (χ4n) is 2.50. The van der Waals surface area contributed by atoms with Gasteiger partial charge in [0.05, 0.1) is 10.6 Å². The molecule has 28 heavy (non-hydrogen) atoms. The summed E-state index contributed by atoms with van der Waals surface area (Å²) < 4.78 is 27.7. The van der Waals surface area contributed by atoms with Crippen LogP contribution in [0.2, 0.25) is 0 Å². The van der Waals surface area contributed by atoms with Crippen molar-refractivity contribution in [2.24, 2.45) is 0 Å². The Balaban J connectivity index is 1.74. The van der Waals surface area contributed by atoms with E-state index in [4.69, 9.17) is 0 Å². The van der Waals surface area contributed by atoms with E-state index in [0.717, 1.165) is 10.4 Å². The smallest absolute Gasteiger partial charge is 0.261 e. The lowest BCUT2D eigenvalue weighted by molar-refractivity contribution is -0.111. The van der Waals surface area contributed by atoms with Gasteiger partial charge in [-0.1, -0.05) is 24.3 Å². The molecule has 0 spiro atoms. The van der Waals surface area contributed by atoms with Crippen molar-refractivity contribution in [3.63, 3.8) is 0 Å². The van der Waals surface area contributed by atoms with Gasteiger partial charge in [-0.05, 0) is 61.9 Å². The van der Waals surface area contributed by atoms with E-state index in [1.165, 1.54) is 23.1 Å². The zero-order chi connectivity index (χ0) is 20.1. The molecule has 5 nitrogen and oxygen atoms in total. The van der Waals surface area contributed by atoms with Crippen molar-refractivity contribution in [3.8, 4) is 0 Å². The molecule has 0 aliphatic heterocycles. The number of carbonyl (C=O) groups excluding carboxylic acids is 1. The molecule has 0 atom stereocenters. The van der Waals surface area contributed by atoms with Gasteiger partial charge in [0.1, 0.15) is 0 Å². The van der Waals surface area contributed by atoms with E-state index in [9.17, 15) is 13.2 Å². The number of thiophene rings is 1. The largest absolute Gasteiger partial charge is 0.322 e. The van der Waals surface area contributed by atoms with Crippen LogP contribution >= 0.6 is 11.3 Å². The van der Waals surface area contributed by atoms with Crippen LogP contribution in [0, 0.1) is 13.8 Å². The summed E-state index contributed by atoms with van der Waals surface area (Å²) in [4.78, 5) is 14.5. The molecular weight excluding hydrogens is 392 g/mol. The summed E-state index contributed by atoms with van der Waals surface area (Å²) >= 11 is 1.60. The van der Waals surface area contributed by atoms with Crippen LogP contribution < -0.4 is 10.0 Å². The number of amides is 1. The van der Waals surface area contributed by atoms with Gasteiger partial charge in [0, 0.05) is 21.5 Å². The molecular formula is C21H20N2O3S2. The van der Waals surface area contributed by atoms with Crippen molar-refractivity contribution in [1.82, 2.24) is 0 Å². The Kier molecular flexibility index (Phi) is 5.96. The molecule has 1 aromatic heterocycles. The van der Waals surface area contributed by atoms with Crippen molar-refractivity contribution in [1.29, 1.82) is 0 Å². The molecule has 0 bridgehead atoms. The summed E-state index contributed by atoms with van der Waals surface area (Å²) in [6.07, 6.45) is 3.21. The first-order valence-electron chi connectivity index (χ1n) is 8.57. The van der Waals surface area contributed by atoms with Gasteiger partial charge < -0.3 is 5.32 Å². The van der Waals surface area contributed by atoms with E-state index >= 15 is 0 Å². The third-order valence-corrected chi connectivity index (χ3v) is 6.31. The van der Waals surface area contributed by atoms with Crippen LogP contribution in [0.5, 0.6) is 0 Å². The molecule has 7 heteroatoms. The van der Waals surface area contributed by atoms with Crippen molar-refractivity contribution in [3.05, 3.63) is 82.1 Å². The number of hydrogen-bond donors (Lipinski definition) is 2. The lowest BCUT2D eigenvalue weighted by Crippen LogP contribution is -2.14. The number of benzene rings is 2. The number of sulfonamides is 1. The van der Waals surface area contributed by atoms with Crippen molar-refractivity contribution in [2.75, 3.05) is 10.0 Å². The molecule has 1 amide bonds. The van der Waals surface area contributed by atoms with E-state index in [1.807, 2.05) is 19.1 Å². The highest BCUT2D eigenvalue weighted by Gasteiger charge is 2.15. The average molecular weight is 413 g/mol. The van der Waals surface area contributed by atoms with Crippen molar-refractivity contribution in [2.45, 2.75) is 18.7 Å². The molecule has 0 saturated heterocycles. The number of rotatable bonds is 6. The highest BCUT2D eigenvalue weighted by molar-refractivity contribution is 7.92. The minimum Gasteiger partial charge on any atom is -0.322 e. The molecule has 0 fully saturated rings. The van der Waals surface area contributed by atoms with Gasteiger partial charge >= 0.3 is 0 Å². The molecule has 3 aromatic rings. The highest BCUT2D eigenvalue weighted by atomic mass is 32.2. The Morgan fingerprint density at radius 1 is 1.00 bits per heavy atom. The third kappa shape index (κ3) is 5.09. The molecule has 3 rings (SSSR count). The molecule has 0 aliphatic rings. The average Bonchev–Trinajstić information content (AvgIpc) is 3.09. The first-order chi connectivity index (χ1) is 13.3. The van der Waals surface area contributed by atoms with Crippen molar-refractivity contribution >= 4 is 44.7 Å². The molecule has 0 aliphatic carbocycles. The number of anilines is 2. The van der Waals surface area contributed by atoms with E-state index in [1.54, 1.807) is 60.7 Å². The Bertz CT molecular complexity index is 1120. The number of aryl methyl sites for hydroxylation is 2. The zero-order valence-electron chi connectivity index (χ0n) is 15.5. The molecule has 2 N–H and O–H groups in total. The van der Waals surface area contributed by atoms with E-state index < -0.39 is 10.0 Å². The quantitative estimate of drug-likeness (QED) is 0.570. The molecule has 1 heterocycles. The first-order valence-corrected chi connectivity index (χ1v) is 10.9.